The number of nitrogens with zero attached hydrogens (tertiary/aromatic N) is 3. The Bertz CT molecular complexity index is 644. The molecule has 0 amide bonds. The van der Waals surface area contributed by atoms with Gasteiger partial charge in [0.2, 0.25) is 0 Å². The molecular weight excluding hydrogens is 314 g/mol. The number of aliphatic hydroxyl groups excluding tert-OH is 1. The smallest absolute Gasteiger partial charge is 0.0793 e. The summed E-state index contributed by atoms with van der Waals surface area (Å²) in [6.07, 6.45) is 3.29. The van der Waals surface area contributed by atoms with E-state index in [1.165, 1.54) is 16.7 Å². The average Bonchev–Trinajstić information content (AvgIpc) is 2.63. The summed E-state index contributed by atoms with van der Waals surface area (Å²) in [6.45, 7) is 5.55. The Kier molecular flexibility index (Phi) is 6.53. The van der Waals surface area contributed by atoms with Crippen LogP contribution in [0.3, 0.4) is 0 Å². The number of hydrogen-bond acceptors (Lipinski definition) is 5. The van der Waals surface area contributed by atoms with Gasteiger partial charge in [-0.15, -0.1) is 0 Å². The topological polar surface area (TPSA) is 48.8 Å². The second-order valence-corrected chi connectivity index (χ2v) is 6.70. The number of likely N-dealkylation sites (N-methyl/N-ethyl adjacent to an activating group) is 1. The van der Waals surface area contributed by atoms with E-state index in [0.717, 1.165) is 32.8 Å². The van der Waals surface area contributed by atoms with E-state index >= 15 is 0 Å². The van der Waals surface area contributed by atoms with Crippen LogP contribution in [0, 0.1) is 0 Å². The summed E-state index contributed by atoms with van der Waals surface area (Å²) in [5, 5.41) is 10.4. The molecular formula is C20H27N3O2. The minimum absolute atomic E-state index is 0.341. The standard InChI is InChI=1S/C20H27N3O2/c1-22(15-20(24)16-23-9-11-25-12-10-23)14-17-3-2-4-19(13-17)18-5-7-21-8-6-18/h2-8,13,20,24H,9-12,14-16H2,1H3. The zero-order chi connectivity index (χ0) is 17.5. The number of rotatable bonds is 7. The fraction of sp³-hybridized carbons (Fsp3) is 0.450. The molecule has 1 N–H and O–H groups in total. The summed E-state index contributed by atoms with van der Waals surface area (Å²) in [5.41, 5.74) is 3.62. The molecule has 0 aliphatic carbocycles. The highest BCUT2D eigenvalue weighted by Crippen LogP contribution is 2.20. The van der Waals surface area contributed by atoms with E-state index in [2.05, 4.69) is 46.1 Å². The Morgan fingerprint density at radius 2 is 1.92 bits per heavy atom. The number of ether oxygens (including phenoxy) is 1. The number of aliphatic hydroxyl groups is 1. The van der Waals surface area contributed by atoms with Gasteiger partial charge in [-0.05, 0) is 41.9 Å². The first-order chi connectivity index (χ1) is 12.2. The van der Waals surface area contributed by atoms with Crippen LogP contribution in [0.2, 0.25) is 0 Å². The fourth-order valence-electron chi connectivity index (χ4n) is 3.27. The van der Waals surface area contributed by atoms with E-state index in [0.29, 0.717) is 13.1 Å². The molecule has 1 aliphatic heterocycles. The van der Waals surface area contributed by atoms with Crippen LogP contribution < -0.4 is 0 Å². The second kappa shape index (κ2) is 9.06. The summed E-state index contributed by atoms with van der Waals surface area (Å²) in [7, 11) is 2.06. The number of benzene rings is 1. The molecule has 5 nitrogen and oxygen atoms in total. The lowest BCUT2D eigenvalue weighted by atomic mass is 10.0. The predicted molar refractivity (Wildman–Crippen MR) is 99.3 cm³/mol. The maximum Gasteiger partial charge on any atom is 0.0793 e. The molecule has 1 fully saturated rings. The lowest BCUT2D eigenvalue weighted by molar-refractivity contribution is 0.00825. The Morgan fingerprint density at radius 1 is 1.16 bits per heavy atom. The van der Waals surface area contributed by atoms with Crippen LogP contribution in [-0.2, 0) is 11.3 Å². The van der Waals surface area contributed by atoms with Gasteiger partial charge in [-0.1, -0.05) is 18.2 Å². The van der Waals surface area contributed by atoms with Crippen LogP contribution in [0.15, 0.2) is 48.8 Å². The molecule has 2 heterocycles. The van der Waals surface area contributed by atoms with Crippen molar-refractivity contribution in [3.05, 3.63) is 54.4 Å². The number of β-amino-alcohol motifs (C(OH)–C–C–N with tert-alkyl or cyclic N) is 1. The van der Waals surface area contributed by atoms with Crippen molar-refractivity contribution in [3.8, 4) is 11.1 Å². The van der Waals surface area contributed by atoms with Gasteiger partial charge < -0.3 is 9.84 Å². The SMILES string of the molecule is CN(Cc1cccc(-c2ccncc2)c1)CC(O)CN1CCOCC1. The number of morpholine rings is 1. The van der Waals surface area contributed by atoms with E-state index in [9.17, 15) is 5.11 Å². The van der Waals surface area contributed by atoms with Gasteiger partial charge in [-0.25, -0.2) is 0 Å². The highest BCUT2D eigenvalue weighted by atomic mass is 16.5. The molecule has 134 valence electrons. The van der Waals surface area contributed by atoms with Crippen molar-refractivity contribution < 1.29 is 9.84 Å². The van der Waals surface area contributed by atoms with Crippen LogP contribution in [-0.4, -0.2) is 72.4 Å². The molecule has 1 unspecified atom stereocenters. The van der Waals surface area contributed by atoms with E-state index < -0.39 is 0 Å². The zero-order valence-electron chi connectivity index (χ0n) is 14.8. The monoisotopic (exact) mass is 341 g/mol. The normalized spacial score (nSPS) is 16.9. The molecule has 0 bridgehead atoms. The average molecular weight is 341 g/mol. The molecule has 0 saturated carbocycles. The van der Waals surface area contributed by atoms with Crippen molar-refractivity contribution in [2.45, 2.75) is 12.6 Å². The van der Waals surface area contributed by atoms with Crippen molar-refractivity contribution >= 4 is 0 Å². The van der Waals surface area contributed by atoms with Crippen LogP contribution in [0.25, 0.3) is 11.1 Å². The van der Waals surface area contributed by atoms with Gasteiger partial charge in [-0.2, -0.15) is 0 Å². The zero-order valence-corrected chi connectivity index (χ0v) is 14.8. The molecule has 2 aromatic rings. The van der Waals surface area contributed by atoms with Gasteiger partial charge in [0.05, 0.1) is 19.3 Å². The maximum atomic E-state index is 10.4. The van der Waals surface area contributed by atoms with Crippen molar-refractivity contribution in [1.82, 2.24) is 14.8 Å². The van der Waals surface area contributed by atoms with Gasteiger partial charge >= 0.3 is 0 Å². The van der Waals surface area contributed by atoms with Gasteiger partial charge in [0.1, 0.15) is 0 Å². The second-order valence-electron chi connectivity index (χ2n) is 6.70. The third-order valence-electron chi connectivity index (χ3n) is 4.49. The Labute approximate surface area is 149 Å². The lowest BCUT2D eigenvalue weighted by Crippen LogP contribution is -2.43. The largest absolute Gasteiger partial charge is 0.390 e. The van der Waals surface area contributed by atoms with Gasteiger partial charge in [0.15, 0.2) is 0 Å². The molecule has 1 aromatic carbocycles. The Hall–Kier alpha value is -1.79. The third kappa shape index (κ3) is 5.61. The molecule has 0 radical (unpaired) electrons. The van der Waals surface area contributed by atoms with E-state index in [1.807, 2.05) is 24.5 Å². The molecule has 1 aliphatic rings. The quantitative estimate of drug-likeness (QED) is 0.833. The number of aromatic nitrogens is 1. The first kappa shape index (κ1) is 18.0. The minimum atomic E-state index is -0.341. The highest BCUT2D eigenvalue weighted by molar-refractivity contribution is 5.63. The summed E-state index contributed by atoms with van der Waals surface area (Å²) in [4.78, 5) is 8.52. The molecule has 1 atom stereocenters. The molecule has 0 spiro atoms. The fourth-order valence-corrected chi connectivity index (χ4v) is 3.27. The van der Waals surface area contributed by atoms with Crippen molar-refractivity contribution in [1.29, 1.82) is 0 Å². The van der Waals surface area contributed by atoms with E-state index in [-0.39, 0.29) is 6.10 Å². The minimum Gasteiger partial charge on any atom is -0.390 e. The van der Waals surface area contributed by atoms with Crippen LogP contribution in [0.1, 0.15) is 5.56 Å². The van der Waals surface area contributed by atoms with Gasteiger partial charge in [-0.3, -0.25) is 14.8 Å². The first-order valence-electron chi connectivity index (χ1n) is 8.87. The Morgan fingerprint density at radius 3 is 2.68 bits per heavy atom. The van der Waals surface area contributed by atoms with Crippen molar-refractivity contribution in [2.24, 2.45) is 0 Å². The van der Waals surface area contributed by atoms with Crippen molar-refractivity contribution in [3.63, 3.8) is 0 Å². The number of pyridine rings is 1. The predicted octanol–water partition coefficient (Wildman–Crippen LogP) is 1.87. The van der Waals surface area contributed by atoms with Crippen LogP contribution in [0.4, 0.5) is 0 Å². The van der Waals surface area contributed by atoms with Gasteiger partial charge in [0, 0.05) is 45.1 Å². The summed E-state index contributed by atoms with van der Waals surface area (Å²) in [6, 6.07) is 12.6. The third-order valence-corrected chi connectivity index (χ3v) is 4.49. The van der Waals surface area contributed by atoms with E-state index in [1.54, 1.807) is 0 Å². The summed E-state index contributed by atoms with van der Waals surface area (Å²) in [5.74, 6) is 0. The highest BCUT2D eigenvalue weighted by Gasteiger charge is 2.16. The van der Waals surface area contributed by atoms with Crippen LogP contribution in [0.5, 0.6) is 0 Å². The van der Waals surface area contributed by atoms with E-state index in [4.69, 9.17) is 4.74 Å². The molecule has 1 saturated heterocycles. The molecule has 1 aromatic heterocycles. The summed E-state index contributed by atoms with van der Waals surface area (Å²) >= 11 is 0. The lowest BCUT2D eigenvalue weighted by Gasteiger charge is -2.30. The molecule has 5 heteroatoms. The summed E-state index contributed by atoms with van der Waals surface area (Å²) < 4.78 is 5.35. The molecule has 25 heavy (non-hydrogen) atoms. The maximum absolute atomic E-state index is 10.4. The van der Waals surface area contributed by atoms with Crippen LogP contribution >= 0.6 is 0 Å². The number of hydrogen-bond donors (Lipinski definition) is 1. The van der Waals surface area contributed by atoms with Gasteiger partial charge in [0.25, 0.3) is 0 Å². The first-order valence-corrected chi connectivity index (χ1v) is 8.87. The van der Waals surface area contributed by atoms with Crippen molar-refractivity contribution in [2.75, 3.05) is 46.4 Å². The molecule has 3 rings (SSSR count). The Balaban J connectivity index is 1.53.